The molecule has 0 bridgehead atoms. The van der Waals surface area contributed by atoms with Crippen LogP contribution in [0.1, 0.15) is 141 Å². The summed E-state index contributed by atoms with van der Waals surface area (Å²) in [5.74, 6) is -0.240. The van der Waals surface area contributed by atoms with Crippen LogP contribution in [0.2, 0.25) is 0 Å². The zero-order valence-corrected chi connectivity index (χ0v) is 22.4. The number of hydrogen-bond acceptors (Lipinski definition) is 3. The molecule has 200 valence electrons. The second-order valence-corrected chi connectivity index (χ2v) is 10.1. The molecular weight excluding hydrogens is 436 g/mol. The minimum absolute atomic E-state index is 0.143. The predicted octanol–water partition coefficient (Wildman–Crippen LogP) is 7.90. The zero-order chi connectivity index (χ0) is 25.4. The fraction of sp³-hybridized carbons (Fsp3) is 0.733. The quantitative estimate of drug-likeness (QED) is 0.115. The van der Waals surface area contributed by atoms with E-state index in [0.29, 0.717) is 6.42 Å². The number of carbonyl (C=O) groups is 2. The third kappa shape index (κ3) is 19.9. The van der Waals surface area contributed by atoms with Gasteiger partial charge in [0.25, 0.3) is 0 Å². The van der Waals surface area contributed by atoms with E-state index < -0.39 is 0 Å². The first kappa shape index (κ1) is 31.0. The van der Waals surface area contributed by atoms with Crippen LogP contribution in [0.15, 0.2) is 24.3 Å². The van der Waals surface area contributed by atoms with Gasteiger partial charge < -0.3 is 5.11 Å². The molecule has 1 aromatic rings. The van der Waals surface area contributed by atoms with Crippen LogP contribution in [-0.2, 0) is 16.0 Å². The number of phenols is 1. The maximum atomic E-state index is 11.9. The SMILES string of the molecule is CCCCCCCCCCCCCCCCCCCCCC(=O)NNC(=O)Cc1ccc(O)cc1. The standard InChI is InChI=1S/C30H52N2O3/c1-2-3-4-5-6-7-8-9-10-11-12-13-14-15-16-17-18-19-20-21-29(34)31-32-30(35)26-27-22-24-28(33)25-23-27/h22-25,33H,2-21,26H2,1H3,(H,31,34)(H,32,35). The highest BCUT2D eigenvalue weighted by Crippen LogP contribution is 2.15. The molecule has 5 nitrogen and oxygen atoms in total. The van der Waals surface area contributed by atoms with Crippen LogP contribution in [0, 0.1) is 0 Å². The average Bonchev–Trinajstić information content (AvgIpc) is 2.85. The fourth-order valence-electron chi connectivity index (χ4n) is 4.41. The van der Waals surface area contributed by atoms with Crippen molar-refractivity contribution >= 4 is 11.8 Å². The number of benzene rings is 1. The Labute approximate surface area is 214 Å². The van der Waals surface area contributed by atoms with Crippen molar-refractivity contribution in [3.63, 3.8) is 0 Å². The van der Waals surface area contributed by atoms with Gasteiger partial charge in [-0.15, -0.1) is 0 Å². The molecule has 2 amide bonds. The molecular formula is C30H52N2O3. The van der Waals surface area contributed by atoms with Crippen LogP contribution in [0.25, 0.3) is 0 Å². The smallest absolute Gasteiger partial charge is 0.242 e. The lowest BCUT2D eigenvalue weighted by Crippen LogP contribution is -2.42. The van der Waals surface area contributed by atoms with Gasteiger partial charge in [-0.3, -0.25) is 20.4 Å². The molecule has 3 N–H and O–H groups in total. The van der Waals surface area contributed by atoms with Gasteiger partial charge in [-0.2, -0.15) is 0 Å². The second-order valence-electron chi connectivity index (χ2n) is 10.1. The topological polar surface area (TPSA) is 78.4 Å². The fourth-order valence-corrected chi connectivity index (χ4v) is 4.41. The summed E-state index contributed by atoms with van der Waals surface area (Å²) in [5.41, 5.74) is 5.73. The van der Waals surface area contributed by atoms with Gasteiger partial charge in [0.1, 0.15) is 5.75 Å². The number of hydrogen-bond donors (Lipinski definition) is 3. The van der Waals surface area contributed by atoms with Gasteiger partial charge in [0.2, 0.25) is 11.8 Å². The van der Waals surface area contributed by atoms with Crippen molar-refractivity contribution in [3.05, 3.63) is 29.8 Å². The maximum absolute atomic E-state index is 11.9. The van der Waals surface area contributed by atoms with Crippen LogP contribution in [-0.4, -0.2) is 16.9 Å². The summed E-state index contributed by atoms with van der Waals surface area (Å²) < 4.78 is 0. The molecule has 0 heterocycles. The summed E-state index contributed by atoms with van der Waals surface area (Å²) in [4.78, 5) is 23.7. The molecule has 0 saturated heterocycles. The second kappa shape index (κ2) is 22.4. The van der Waals surface area contributed by atoms with E-state index in [1.165, 1.54) is 109 Å². The highest BCUT2D eigenvalue weighted by molar-refractivity contribution is 5.83. The van der Waals surface area contributed by atoms with E-state index in [0.717, 1.165) is 18.4 Å². The van der Waals surface area contributed by atoms with Gasteiger partial charge in [-0.05, 0) is 24.1 Å². The number of nitrogens with one attached hydrogen (secondary N) is 2. The van der Waals surface area contributed by atoms with Gasteiger partial charge in [0.15, 0.2) is 0 Å². The summed E-state index contributed by atoms with van der Waals surface area (Å²) in [6.07, 6.45) is 25.9. The summed E-state index contributed by atoms with van der Waals surface area (Å²) >= 11 is 0. The van der Waals surface area contributed by atoms with E-state index in [1.54, 1.807) is 24.3 Å². The lowest BCUT2D eigenvalue weighted by Gasteiger charge is -2.07. The lowest BCUT2D eigenvalue weighted by atomic mass is 10.0. The normalized spacial score (nSPS) is 10.9. The van der Waals surface area contributed by atoms with E-state index >= 15 is 0 Å². The first-order chi connectivity index (χ1) is 17.1. The first-order valence-corrected chi connectivity index (χ1v) is 14.5. The van der Waals surface area contributed by atoms with Crippen molar-refractivity contribution in [1.82, 2.24) is 10.9 Å². The average molecular weight is 489 g/mol. The van der Waals surface area contributed by atoms with Crippen molar-refractivity contribution in [2.75, 3.05) is 0 Å². The third-order valence-electron chi connectivity index (χ3n) is 6.65. The first-order valence-electron chi connectivity index (χ1n) is 14.5. The summed E-state index contributed by atoms with van der Waals surface area (Å²) in [7, 11) is 0. The van der Waals surface area contributed by atoms with Gasteiger partial charge in [0.05, 0.1) is 6.42 Å². The van der Waals surface area contributed by atoms with Crippen LogP contribution in [0.5, 0.6) is 5.75 Å². The molecule has 35 heavy (non-hydrogen) atoms. The number of unbranched alkanes of at least 4 members (excludes halogenated alkanes) is 18. The molecule has 1 rings (SSSR count). The van der Waals surface area contributed by atoms with Crippen molar-refractivity contribution in [1.29, 1.82) is 0 Å². The molecule has 0 aliphatic rings. The van der Waals surface area contributed by atoms with E-state index in [2.05, 4.69) is 17.8 Å². The Balaban J connectivity index is 1.79. The Morgan fingerprint density at radius 3 is 1.37 bits per heavy atom. The molecule has 0 unspecified atom stereocenters. The number of aromatic hydroxyl groups is 1. The van der Waals surface area contributed by atoms with E-state index in [9.17, 15) is 14.7 Å². The summed E-state index contributed by atoms with van der Waals surface area (Å²) in [6, 6.07) is 6.46. The molecule has 0 aromatic heterocycles. The van der Waals surface area contributed by atoms with Crippen LogP contribution in [0.3, 0.4) is 0 Å². The van der Waals surface area contributed by atoms with Crippen molar-refractivity contribution in [2.45, 2.75) is 142 Å². The number of rotatable bonds is 22. The number of phenolic OH excluding ortho intramolecular Hbond substituents is 1. The van der Waals surface area contributed by atoms with Crippen molar-refractivity contribution < 1.29 is 14.7 Å². The number of hydrazine groups is 1. The molecule has 0 spiro atoms. The molecule has 1 aromatic carbocycles. The van der Waals surface area contributed by atoms with E-state index in [-0.39, 0.29) is 24.0 Å². The van der Waals surface area contributed by atoms with Crippen LogP contribution in [0.4, 0.5) is 0 Å². The molecule has 0 aliphatic carbocycles. The third-order valence-corrected chi connectivity index (χ3v) is 6.65. The molecule has 0 atom stereocenters. The summed E-state index contributed by atoms with van der Waals surface area (Å²) in [6.45, 7) is 2.28. The minimum Gasteiger partial charge on any atom is -0.508 e. The van der Waals surface area contributed by atoms with Crippen LogP contribution >= 0.6 is 0 Å². The Kier molecular flexibility index (Phi) is 19.9. The number of carbonyl (C=O) groups excluding carboxylic acids is 2. The van der Waals surface area contributed by atoms with Gasteiger partial charge >= 0.3 is 0 Å². The molecule has 0 saturated carbocycles. The number of amides is 2. The van der Waals surface area contributed by atoms with Crippen LogP contribution < -0.4 is 10.9 Å². The zero-order valence-electron chi connectivity index (χ0n) is 22.4. The van der Waals surface area contributed by atoms with Gasteiger partial charge in [0, 0.05) is 6.42 Å². The highest BCUT2D eigenvalue weighted by atomic mass is 16.3. The Morgan fingerprint density at radius 1 is 0.571 bits per heavy atom. The predicted molar refractivity (Wildman–Crippen MR) is 146 cm³/mol. The monoisotopic (exact) mass is 488 g/mol. The maximum Gasteiger partial charge on any atom is 0.242 e. The molecule has 0 radical (unpaired) electrons. The Bertz CT molecular complexity index is 646. The lowest BCUT2D eigenvalue weighted by molar-refractivity contribution is -0.128. The van der Waals surface area contributed by atoms with Gasteiger partial charge in [-0.25, -0.2) is 0 Å². The molecule has 0 fully saturated rings. The molecule has 0 aliphatic heterocycles. The molecule has 5 heteroatoms. The Hall–Kier alpha value is -2.04. The van der Waals surface area contributed by atoms with E-state index in [4.69, 9.17) is 0 Å². The highest BCUT2D eigenvalue weighted by Gasteiger charge is 2.06. The Morgan fingerprint density at radius 2 is 0.943 bits per heavy atom. The van der Waals surface area contributed by atoms with Crippen molar-refractivity contribution in [3.8, 4) is 5.75 Å². The summed E-state index contributed by atoms with van der Waals surface area (Å²) in [5, 5.41) is 9.26. The van der Waals surface area contributed by atoms with Gasteiger partial charge in [-0.1, -0.05) is 135 Å². The minimum atomic E-state index is -0.266. The largest absolute Gasteiger partial charge is 0.508 e. The van der Waals surface area contributed by atoms with E-state index in [1.807, 2.05) is 0 Å². The van der Waals surface area contributed by atoms with Crippen molar-refractivity contribution in [2.24, 2.45) is 0 Å².